The van der Waals surface area contributed by atoms with E-state index in [1.54, 1.807) is 30.9 Å². The smallest absolute Gasteiger partial charge is 0.333 e. The predicted octanol–water partition coefficient (Wildman–Crippen LogP) is 2.08. The van der Waals surface area contributed by atoms with Crippen LogP contribution in [0.1, 0.15) is 45.3 Å². The molecule has 1 aromatic heterocycles. The summed E-state index contributed by atoms with van der Waals surface area (Å²) >= 11 is 0. The lowest BCUT2D eigenvalue weighted by molar-refractivity contribution is -0.130. The number of rotatable bonds is 7. The summed E-state index contributed by atoms with van der Waals surface area (Å²) in [7, 11) is 3.14. The van der Waals surface area contributed by atoms with Gasteiger partial charge in [0.25, 0.3) is 5.56 Å². The van der Waals surface area contributed by atoms with Gasteiger partial charge in [-0.3, -0.25) is 18.7 Å². The highest BCUT2D eigenvalue weighted by atomic mass is 16.5. The lowest BCUT2D eigenvalue weighted by Crippen LogP contribution is -2.52. The number of piperazine rings is 1. The molecule has 1 fully saturated rings. The van der Waals surface area contributed by atoms with Gasteiger partial charge >= 0.3 is 5.69 Å². The van der Waals surface area contributed by atoms with Gasteiger partial charge in [0.2, 0.25) is 5.91 Å². The third-order valence-corrected chi connectivity index (χ3v) is 5.94. The highest BCUT2D eigenvalue weighted by molar-refractivity contribution is 5.79. The molecule has 1 aliphatic heterocycles. The molecular formula is C24H34N4O5. The van der Waals surface area contributed by atoms with Crippen molar-refractivity contribution in [2.24, 2.45) is 0 Å². The van der Waals surface area contributed by atoms with Crippen LogP contribution in [0, 0.1) is 0 Å². The van der Waals surface area contributed by atoms with Crippen LogP contribution in [0.25, 0.3) is 0 Å². The second-order valence-electron chi connectivity index (χ2n) is 8.78. The molecule has 1 saturated heterocycles. The van der Waals surface area contributed by atoms with Gasteiger partial charge < -0.3 is 19.3 Å². The SMILES string of the molecule is COc1ccc(CC(=O)N2CCN(c3cc(=O)n(C(C)C)c(=O)n3C(C)C)CC2)cc1OC. The first kappa shape index (κ1) is 24.4. The Labute approximate surface area is 194 Å². The van der Waals surface area contributed by atoms with E-state index in [4.69, 9.17) is 9.47 Å². The van der Waals surface area contributed by atoms with Gasteiger partial charge in [0.1, 0.15) is 5.82 Å². The van der Waals surface area contributed by atoms with Crippen molar-refractivity contribution in [3.63, 3.8) is 0 Å². The van der Waals surface area contributed by atoms with Crippen molar-refractivity contribution in [3.8, 4) is 11.5 Å². The zero-order chi connectivity index (χ0) is 24.3. The summed E-state index contributed by atoms with van der Waals surface area (Å²) in [5, 5.41) is 0. The fourth-order valence-electron chi connectivity index (χ4n) is 4.22. The highest BCUT2D eigenvalue weighted by Gasteiger charge is 2.25. The fourth-order valence-corrected chi connectivity index (χ4v) is 4.22. The van der Waals surface area contributed by atoms with Gasteiger partial charge in [-0.05, 0) is 45.4 Å². The number of methoxy groups -OCH3 is 2. The van der Waals surface area contributed by atoms with E-state index in [0.717, 1.165) is 5.56 Å². The molecule has 0 unspecified atom stereocenters. The Morgan fingerprint density at radius 2 is 1.48 bits per heavy atom. The average Bonchev–Trinajstić information content (AvgIpc) is 2.78. The Morgan fingerprint density at radius 1 is 0.879 bits per heavy atom. The standard InChI is InChI=1S/C24H34N4O5/c1-16(2)27-21(15-23(30)28(17(3)4)24(27)31)25-9-11-26(12-10-25)22(29)14-18-7-8-19(32-5)20(13-18)33-6/h7-8,13,15-17H,9-12,14H2,1-6H3. The van der Waals surface area contributed by atoms with Crippen LogP contribution >= 0.6 is 0 Å². The topological polar surface area (TPSA) is 86.0 Å². The summed E-state index contributed by atoms with van der Waals surface area (Å²) in [6, 6.07) is 6.71. The summed E-state index contributed by atoms with van der Waals surface area (Å²) in [5.74, 6) is 1.86. The molecule has 33 heavy (non-hydrogen) atoms. The van der Waals surface area contributed by atoms with Gasteiger partial charge in [-0.1, -0.05) is 6.07 Å². The maximum atomic E-state index is 13.0. The molecule has 1 amide bonds. The number of carbonyl (C=O) groups excluding carboxylic acids is 1. The molecule has 9 heteroatoms. The van der Waals surface area contributed by atoms with Crippen LogP contribution in [0.3, 0.4) is 0 Å². The first-order valence-corrected chi connectivity index (χ1v) is 11.3. The number of amides is 1. The zero-order valence-corrected chi connectivity index (χ0v) is 20.3. The first-order valence-electron chi connectivity index (χ1n) is 11.3. The summed E-state index contributed by atoms with van der Waals surface area (Å²) in [5.41, 5.74) is 0.259. The molecule has 0 N–H and O–H groups in total. The van der Waals surface area contributed by atoms with Gasteiger partial charge in [-0.2, -0.15) is 0 Å². The van der Waals surface area contributed by atoms with E-state index in [0.29, 0.717) is 43.5 Å². The molecule has 9 nitrogen and oxygen atoms in total. The van der Waals surface area contributed by atoms with E-state index < -0.39 is 0 Å². The molecule has 0 aliphatic carbocycles. The molecule has 0 atom stereocenters. The number of aromatic nitrogens is 2. The maximum absolute atomic E-state index is 13.0. The van der Waals surface area contributed by atoms with E-state index in [1.807, 2.05) is 49.6 Å². The minimum atomic E-state index is -0.297. The van der Waals surface area contributed by atoms with Crippen LogP contribution in [0.5, 0.6) is 11.5 Å². The molecule has 2 aromatic rings. The van der Waals surface area contributed by atoms with E-state index in [-0.39, 0.29) is 35.7 Å². The molecule has 0 spiro atoms. The quantitative estimate of drug-likeness (QED) is 0.632. The summed E-state index contributed by atoms with van der Waals surface area (Å²) in [6.07, 6.45) is 0.265. The second-order valence-corrected chi connectivity index (χ2v) is 8.78. The van der Waals surface area contributed by atoms with Gasteiger partial charge in [0.05, 0.1) is 20.6 Å². The molecular weight excluding hydrogens is 424 g/mol. The molecule has 0 bridgehead atoms. The summed E-state index contributed by atoms with van der Waals surface area (Å²) in [4.78, 5) is 42.4. The Hall–Kier alpha value is -3.23. The Morgan fingerprint density at radius 3 is 2.03 bits per heavy atom. The van der Waals surface area contributed by atoms with Gasteiger partial charge in [-0.15, -0.1) is 0 Å². The van der Waals surface area contributed by atoms with E-state index >= 15 is 0 Å². The number of carbonyl (C=O) groups is 1. The molecule has 0 saturated carbocycles. The first-order chi connectivity index (χ1) is 15.7. The van der Waals surface area contributed by atoms with Crippen LogP contribution in [0.4, 0.5) is 5.82 Å². The molecule has 1 aromatic carbocycles. The number of ether oxygens (including phenoxy) is 2. The largest absolute Gasteiger partial charge is 0.493 e. The van der Waals surface area contributed by atoms with E-state index in [9.17, 15) is 14.4 Å². The zero-order valence-electron chi connectivity index (χ0n) is 20.3. The molecule has 2 heterocycles. The molecule has 1 aliphatic rings. The summed E-state index contributed by atoms with van der Waals surface area (Å²) in [6.45, 7) is 9.67. The summed E-state index contributed by atoms with van der Waals surface area (Å²) < 4.78 is 13.5. The van der Waals surface area contributed by atoms with E-state index in [1.165, 1.54) is 4.57 Å². The van der Waals surface area contributed by atoms with Crippen molar-refractivity contribution in [1.82, 2.24) is 14.0 Å². The lowest BCUT2D eigenvalue weighted by Gasteiger charge is -2.37. The van der Waals surface area contributed by atoms with Gasteiger partial charge in [0, 0.05) is 44.3 Å². The van der Waals surface area contributed by atoms with Crippen LogP contribution < -0.4 is 25.6 Å². The number of anilines is 1. The third-order valence-electron chi connectivity index (χ3n) is 5.94. The molecule has 0 radical (unpaired) electrons. The molecule has 180 valence electrons. The highest BCUT2D eigenvalue weighted by Crippen LogP contribution is 2.28. The number of hydrogen-bond donors (Lipinski definition) is 0. The van der Waals surface area contributed by atoms with Crippen LogP contribution in [-0.2, 0) is 11.2 Å². The number of hydrogen-bond acceptors (Lipinski definition) is 6. The lowest BCUT2D eigenvalue weighted by atomic mass is 10.1. The van der Waals surface area contributed by atoms with E-state index in [2.05, 4.69) is 0 Å². The van der Waals surface area contributed by atoms with Crippen molar-refractivity contribution in [2.45, 2.75) is 46.2 Å². The van der Waals surface area contributed by atoms with Gasteiger partial charge in [-0.25, -0.2) is 4.79 Å². The number of nitrogens with zero attached hydrogens (tertiary/aromatic N) is 4. The third kappa shape index (κ3) is 5.07. The Bertz CT molecular complexity index is 1110. The van der Waals surface area contributed by atoms with Crippen LogP contribution in [-0.4, -0.2) is 60.3 Å². The van der Waals surface area contributed by atoms with Crippen molar-refractivity contribution < 1.29 is 14.3 Å². The Kier molecular flexibility index (Phi) is 7.50. The van der Waals surface area contributed by atoms with Gasteiger partial charge in [0.15, 0.2) is 11.5 Å². The normalized spacial score (nSPS) is 14.2. The maximum Gasteiger partial charge on any atom is 0.333 e. The van der Waals surface area contributed by atoms with Crippen molar-refractivity contribution in [2.75, 3.05) is 45.3 Å². The fraction of sp³-hybridized carbons (Fsp3) is 0.542. The molecule has 3 rings (SSSR count). The van der Waals surface area contributed by atoms with Crippen molar-refractivity contribution >= 4 is 11.7 Å². The second kappa shape index (κ2) is 10.1. The van der Waals surface area contributed by atoms with Crippen LogP contribution in [0.2, 0.25) is 0 Å². The average molecular weight is 459 g/mol. The number of benzene rings is 1. The monoisotopic (exact) mass is 458 g/mol. The van der Waals surface area contributed by atoms with Crippen molar-refractivity contribution in [3.05, 3.63) is 50.7 Å². The minimum absolute atomic E-state index is 0.0262. The predicted molar refractivity (Wildman–Crippen MR) is 128 cm³/mol. The van der Waals surface area contributed by atoms with Crippen molar-refractivity contribution in [1.29, 1.82) is 0 Å². The van der Waals surface area contributed by atoms with Crippen LogP contribution in [0.15, 0.2) is 33.9 Å². The minimum Gasteiger partial charge on any atom is -0.493 e. The Balaban J connectivity index is 1.74.